The van der Waals surface area contributed by atoms with Gasteiger partial charge in [0.1, 0.15) is 5.75 Å². The van der Waals surface area contributed by atoms with Crippen molar-refractivity contribution in [2.75, 3.05) is 6.61 Å². The molecule has 0 radical (unpaired) electrons. The number of alkyl halides is 3. The predicted molar refractivity (Wildman–Crippen MR) is 65.8 cm³/mol. The molecule has 0 aliphatic heterocycles. The number of unbranched alkanes of at least 4 members (excludes halogenated alkanes) is 3. The van der Waals surface area contributed by atoms with Crippen molar-refractivity contribution in [2.45, 2.75) is 45.7 Å². The molecule has 0 aromatic heterocycles. The van der Waals surface area contributed by atoms with Crippen molar-refractivity contribution in [1.29, 1.82) is 0 Å². The fourth-order valence-electron chi connectivity index (χ4n) is 1.71. The predicted octanol–water partition coefficient (Wildman–Crippen LogP) is 4.97. The van der Waals surface area contributed by atoms with E-state index in [1.165, 1.54) is 0 Å². The van der Waals surface area contributed by atoms with Gasteiger partial charge in [-0.2, -0.15) is 13.2 Å². The maximum atomic E-state index is 12.6. The summed E-state index contributed by atoms with van der Waals surface area (Å²) in [6.07, 6.45) is -0.127. The van der Waals surface area contributed by atoms with Crippen molar-refractivity contribution in [3.8, 4) is 5.75 Å². The Labute approximate surface area is 106 Å². The minimum absolute atomic E-state index is 0.304. The second kappa shape index (κ2) is 6.66. The quantitative estimate of drug-likeness (QED) is 0.656. The van der Waals surface area contributed by atoms with Gasteiger partial charge < -0.3 is 4.74 Å². The van der Waals surface area contributed by atoms with E-state index in [1.54, 1.807) is 13.0 Å². The van der Waals surface area contributed by atoms with E-state index in [0.717, 1.165) is 37.8 Å². The summed E-state index contributed by atoms with van der Waals surface area (Å²) >= 11 is 0. The molecule has 0 heterocycles. The van der Waals surface area contributed by atoms with Gasteiger partial charge in [-0.1, -0.05) is 26.2 Å². The lowest BCUT2D eigenvalue weighted by molar-refractivity contribution is -0.137. The van der Waals surface area contributed by atoms with Crippen LogP contribution >= 0.6 is 0 Å². The van der Waals surface area contributed by atoms with E-state index in [1.807, 2.05) is 0 Å². The maximum absolute atomic E-state index is 12.6. The van der Waals surface area contributed by atoms with Gasteiger partial charge in [0.2, 0.25) is 0 Å². The summed E-state index contributed by atoms with van der Waals surface area (Å²) in [5.41, 5.74) is -0.0839. The standard InChI is InChI=1S/C14H19F3O/c1-3-4-5-6-7-18-13-9-11(2)8-12(10-13)14(15,16)17/h8-10H,3-7H2,1-2H3. The lowest BCUT2D eigenvalue weighted by atomic mass is 10.1. The number of aryl methyl sites for hydroxylation is 1. The highest BCUT2D eigenvalue weighted by Gasteiger charge is 2.31. The monoisotopic (exact) mass is 260 g/mol. The maximum Gasteiger partial charge on any atom is 0.416 e. The Morgan fingerprint density at radius 1 is 1.06 bits per heavy atom. The van der Waals surface area contributed by atoms with Crippen molar-refractivity contribution in [3.05, 3.63) is 29.3 Å². The highest BCUT2D eigenvalue weighted by atomic mass is 19.4. The van der Waals surface area contributed by atoms with Crippen molar-refractivity contribution in [3.63, 3.8) is 0 Å². The summed E-state index contributed by atoms with van der Waals surface area (Å²) < 4.78 is 43.1. The SMILES string of the molecule is CCCCCCOc1cc(C)cc(C(F)(F)F)c1. The van der Waals surface area contributed by atoms with Crippen molar-refractivity contribution in [2.24, 2.45) is 0 Å². The first kappa shape index (κ1) is 14.9. The van der Waals surface area contributed by atoms with Crippen LogP contribution in [0.5, 0.6) is 5.75 Å². The molecule has 1 aromatic carbocycles. The van der Waals surface area contributed by atoms with E-state index in [-0.39, 0.29) is 0 Å². The second-order valence-corrected chi connectivity index (χ2v) is 4.44. The van der Waals surface area contributed by atoms with Gasteiger partial charge in [0.15, 0.2) is 0 Å². The topological polar surface area (TPSA) is 9.23 Å². The van der Waals surface area contributed by atoms with Gasteiger partial charge in [-0.3, -0.25) is 0 Å². The van der Waals surface area contributed by atoms with Crippen molar-refractivity contribution >= 4 is 0 Å². The van der Waals surface area contributed by atoms with E-state index in [9.17, 15) is 13.2 Å². The average molecular weight is 260 g/mol. The molecule has 0 saturated carbocycles. The minimum Gasteiger partial charge on any atom is -0.494 e. The average Bonchev–Trinajstić information content (AvgIpc) is 2.27. The number of rotatable bonds is 6. The van der Waals surface area contributed by atoms with Crippen LogP contribution in [0.15, 0.2) is 18.2 Å². The molecule has 0 bridgehead atoms. The van der Waals surface area contributed by atoms with Gasteiger partial charge in [-0.25, -0.2) is 0 Å². The van der Waals surface area contributed by atoms with Gasteiger partial charge in [0.05, 0.1) is 12.2 Å². The number of ether oxygens (including phenoxy) is 1. The first-order valence-corrected chi connectivity index (χ1v) is 6.25. The van der Waals surface area contributed by atoms with Crippen molar-refractivity contribution in [1.82, 2.24) is 0 Å². The molecule has 0 aliphatic rings. The molecule has 0 unspecified atom stereocenters. The van der Waals surface area contributed by atoms with E-state index in [4.69, 9.17) is 4.74 Å². The Kier molecular flexibility index (Phi) is 5.51. The van der Waals surface area contributed by atoms with Gasteiger partial charge in [-0.15, -0.1) is 0 Å². The number of hydrogen-bond donors (Lipinski definition) is 0. The zero-order valence-corrected chi connectivity index (χ0v) is 10.8. The summed E-state index contributed by atoms with van der Waals surface area (Å²) in [4.78, 5) is 0. The van der Waals surface area contributed by atoms with E-state index < -0.39 is 11.7 Å². The Morgan fingerprint density at radius 3 is 2.39 bits per heavy atom. The molecule has 0 fully saturated rings. The van der Waals surface area contributed by atoms with Gasteiger partial charge in [-0.05, 0) is 37.1 Å². The van der Waals surface area contributed by atoms with Crippen LogP contribution in [-0.2, 0) is 6.18 Å². The normalized spacial score (nSPS) is 11.6. The van der Waals surface area contributed by atoms with Gasteiger partial charge in [0.25, 0.3) is 0 Å². The molecule has 1 rings (SSSR count). The molecular formula is C14H19F3O. The first-order chi connectivity index (χ1) is 8.43. The van der Waals surface area contributed by atoms with Crippen LogP contribution in [0, 0.1) is 6.92 Å². The molecule has 0 aliphatic carbocycles. The Bertz CT molecular complexity index is 372. The number of hydrogen-bond acceptors (Lipinski definition) is 1. The summed E-state index contributed by atoms with van der Waals surface area (Å²) in [6.45, 7) is 4.22. The Morgan fingerprint density at radius 2 is 1.78 bits per heavy atom. The largest absolute Gasteiger partial charge is 0.494 e. The fourth-order valence-corrected chi connectivity index (χ4v) is 1.71. The molecule has 0 spiro atoms. The smallest absolute Gasteiger partial charge is 0.416 e. The molecule has 18 heavy (non-hydrogen) atoms. The molecule has 1 aromatic rings. The number of halogens is 3. The summed E-state index contributed by atoms with van der Waals surface area (Å²) in [5.74, 6) is 0.304. The molecule has 0 saturated heterocycles. The molecule has 1 nitrogen and oxygen atoms in total. The van der Waals surface area contributed by atoms with Gasteiger partial charge >= 0.3 is 6.18 Å². The zero-order chi connectivity index (χ0) is 13.6. The van der Waals surface area contributed by atoms with Crippen LogP contribution in [-0.4, -0.2) is 6.61 Å². The van der Waals surface area contributed by atoms with E-state index in [2.05, 4.69) is 6.92 Å². The molecule has 0 atom stereocenters. The number of benzene rings is 1. The fraction of sp³-hybridized carbons (Fsp3) is 0.571. The second-order valence-electron chi connectivity index (χ2n) is 4.44. The Hall–Kier alpha value is -1.19. The molecule has 0 amide bonds. The lowest BCUT2D eigenvalue weighted by Crippen LogP contribution is -2.06. The third kappa shape index (κ3) is 4.98. The zero-order valence-electron chi connectivity index (χ0n) is 10.8. The van der Waals surface area contributed by atoms with E-state index in [0.29, 0.717) is 17.9 Å². The van der Waals surface area contributed by atoms with E-state index >= 15 is 0 Å². The Balaban J connectivity index is 2.58. The van der Waals surface area contributed by atoms with Crippen LogP contribution < -0.4 is 4.74 Å². The molecule has 0 N–H and O–H groups in total. The third-order valence-corrected chi connectivity index (χ3v) is 2.64. The van der Waals surface area contributed by atoms with Gasteiger partial charge in [0, 0.05) is 0 Å². The summed E-state index contributed by atoms with van der Waals surface area (Å²) in [6, 6.07) is 3.83. The van der Waals surface area contributed by atoms with Crippen LogP contribution in [0.2, 0.25) is 0 Å². The van der Waals surface area contributed by atoms with Crippen LogP contribution in [0.4, 0.5) is 13.2 Å². The van der Waals surface area contributed by atoms with Crippen molar-refractivity contribution < 1.29 is 17.9 Å². The molecule has 102 valence electrons. The summed E-state index contributed by atoms with van der Waals surface area (Å²) in [5, 5.41) is 0. The van der Waals surface area contributed by atoms with Crippen LogP contribution in [0.1, 0.15) is 43.7 Å². The molecular weight excluding hydrogens is 241 g/mol. The van der Waals surface area contributed by atoms with Crippen LogP contribution in [0.3, 0.4) is 0 Å². The summed E-state index contributed by atoms with van der Waals surface area (Å²) in [7, 11) is 0. The lowest BCUT2D eigenvalue weighted by Gasteiger charge is -2.11. The minimum atomic E-state index is -4.31. The highest BCUT2D eigenvalue weighted by molar-refractivity contribution is 5.35. The van der Waals surface area contributed by atoms with Crippen LogP contribution in [0.25, 0.3) is 0 Å². The third-order valence-electron chi connectivity index (χ3n) is 2.64. The molecule has 4 heteroatoms. The first-order valence-electron chi connectivity index (χ1n) is 6.25. The highest BCUT2D eigenvalue weighted by Crippen LogP contribution is 2.32.